The molecule has 156 valence electrons. The van der Waals surface area contributed by atoms with Gasteiger partial charge >= 0.3 is 5.69 Å². The van der Waals surface area contributed by atoms with E-state index >= 15 is 0 Å². The second kappa shape index (κ2) is 8.82. The maximum Gasteiger partial charge on any atom is 0.345 e. The van der Waals surface area contributed by atoms with Gasteiger partial charge in [0.05, 0.1) is 12.7 Å². The predicted molar refractivity (Wildman–Crippen MR) is 109 cm³/mol. The number of para-hydroxylation sites is 1. The molecule has 29 heavy (non-hydrogen) atoms. The highest BCUT2D eigenvalue weighted by Gasteiger charge is 2.24. The molecule has 1 amide bonds. The molecule has 0 N–H and O–H groups in total. The molecule has 2 aliphatic rings. The summed E-state index contributed by atoms with van der Waals surface area (Å²) in [6, 6.07) is 7.37. The van der Waals surface area contributed by atoms with Crippen LogP contribution < -0.4 is 10.4 Å². The number of carbonyl (C=O) groups is 1. The van der Waals surface area contributed by atoms with Crippen molar-refractivity contribution < 1.29 is 9.53 Å². The average Bonchev–Trinajstić information content (AvgIpc) is 3.09. The molecule has 1 saturated heterocycles. The first-order valence-electron chi connectivity index (χ1n) is 10.5. The second-order valence-corrected chi connectivity index (χ2v) is 7.72. The number of carbonyl (C=O) groups excluding carboxylic acids is 1. The van der Waals surface area contributed by atoms with Gasteiger partial charge in [0, 0.05) is 52.2 Å². The molecule has 2 aliphatic heterocycles. The van der Waals surface area contributed by atoms with Gasteiger partial charge in [0.1, 0.15) is 11.6 Å². The number of methoxy groups -OCH3 is 1. The van der Waals surface area contributed by atoms with E-state index in [2.05, 4.69) is 10.00 Å². The summed E-state index contributed by atoms with van der Waals surface area (Å²) in [7, 11) is 1.59. The topological polar surface area (TPSA) is 72.6 Å². The number of fused-ring (bicyclic) bond motifs is 1. The Bertz CT molecular complexity index is 911. The van der Waals surface area contributed by atoms with Crippen LogP contribution in [0.4, 0.5) is 0 Å². The molecule has 0 atom stereocenters. The van der Waals surface area contributed by atoms with Gasteiger partial charge in [0.25, 0.3) is 5.91 Å². The lowest BCUT2D eigenvalue weighted by atomic mass is 10.1. The number of nitrogens with zero attached hydrogens (tertiary/aromatic N) is 5. The van der Waals surface area contributed by atoms with E-state index < -0.39 is 0 Å². The van der Waals surface area contributed by atoms with Crippen molar-refractivity contribution in [3.8, 4) is 5.75 Å². The van der Waals surface area contributed by atoms with Gasteiger partial charge in [-0.1, -0.05) is 12.1 Å². The van der Waals surface area contributed by atoms with Gasteiger partial charge < -0.3 is 9.64 Å². The maximum atomic E-state index is 12.8. The van der Waals surface area contributed by atoms with Crippen LogP contribution in [0.1, 0.15) is 35.4 Å². The lowest BCUT2D eigenvalue weighted by molar-refractivity contribution is 0.0631. The van der Waals surface area contributed by atoms with E-state index in [1.165, 1.54) is 0 Å². The molecule has 8 nitrogen and oxygen atoms in total. The first-order chi connectivity index (χ1) is 14.2. The van der Waals surface area contributed by atoms with Crippen molar-refractivity contribution in [2.75, 3.05) is 39.8 Å². The molecule has 0 radical (unpaired) electrons. The number of ether oxygens (including phenoxy) is 1. The third-order valence-corrected chi connectivity index (χ3v) is 5.87. The van der Waals surface area contributed by atoms with Crippen molar-refractivity contribution >= 4 is 5.91 Å². The zero-order valence-corrected chi connectivity index (χ0v) is 17.0. The van der Waals surface area contributed by atoms with E-state index in [1.807, 2.05) is 33.7 Å². The van der Waals surface area contributed by atoms with E-state index in [0.29, 0.717) is 30.9 Å². The first kappa shape index (κ1) is 19.7. The molecule has 0 saturated carbocycles. The monoisotopic (exact) mass is 399 g/mol. The van der Waals surface area contributed by atoms with Crippen LogP contribution in [-0.4, -0.2) is 69.9 Å². The van der Waals surface area contributed by atoms with E-state index in [-0.39, 0.29) is 11.6 Å². The van der Waals surface area contributed by atoms with Crippen LogP contribution in [0, 0.1) is 0 Å². The molecule has 0 aliphatic carbocycles. The number of aromatic nitrogens is 3. The summed E-state index contributed by atoms with van der Waals surface area (Å²) in [5, 5.41) is 4.50. The number of piperazine rings is 1. The SMILES string of the molecule is COc1ccccc1C(=O)N1CCN(CCCn2nc3n(c2=O)CCCC3)CC1. The number of hydrogen-bond donors (Lipinski definition) is 0. The van der Waals surface area contributed by atoms with Crippen molar-refractivity contribution in [1.82, 2.24) is 24.1 Å². The molecule has 2 aromatic rings. The van der Waals surface area contributed by atoms with Crippen LogP contribution in [0.25, 0.3) is 0 Å². The number of hydrogen-bond acceptors (Lipinski definition) is 5. The third-order valence-electron chi connectivity index (χ3n) is 5.87. The Morgan fingerprint density at radius 2 is 1.86 bits per heavy atom. The first-order valence-corrected chi connectivity index (χ1v) is 10.5. The van der Waals surface area contributed by atoms with Crippen molar-refractivity contribution in [1.29, 1.82) is 0 Å². The van der Waals surface area contributed by atoms with E-state index in [4.69, 9.17) is 4.74 Å². The summed E-state index contributed by atoms with van der Waals surface area (Å²) in [6.45, 7) is 5.46. The Kier molecular flexibility index (Phi) is 5.99. The Balaban J connectivity index is 1.26. The highest BCUT2D eigenvalue weighted by Crippen LogP contribution is 2.20. The minimum Gasteiger partial charge on any atom is -0.496 e. The summed E-state index contributed by atoms with van der Waals surface area (Å²) in [6.07, 6.45) is 3.98. The van der Waals surface area contributed by atoms with Crippen molar-refractivity contribution in [2.45, 2.75) is 38.8 Å². The molecule has 0 spiro atoms. The van der Waals surface area contributed by atoms with Gasteiger partial charge in [-0.2, -0.15) is 5.10 Å². The Hall–Kier alpha value is -2.61. The minimum absolute atomic E-state index is 0.0252. The molecule has 1 aromatic heterocycles. The molecular formula is C21H29N5O3. The molecule has 1 fully saturated rings. The largest absolute Gasteiger partial charge is 0.496 e. The lowest BCUT2D eigenvalue weighted by Crippen LogP contribution is -2.49. The van der Waals surface area contributed by atoms with Crippen molar-refractivity contribution in [3.05, 3.63) is 46.1 Å². The fourth-order valence-electron chi connectivity index (χ4n) is 4.20. The summed E-state index contributed by atoms with van der Waals surface area (Å²) < 4.78 is 8.77. The van der Waals surface area contributed by atoms with Crippen molar-refractivity contribution in [2.24, 2.45) is 0 Å². The van der Waals surface area contributed by atoms with Crippen molar-refractivity contribution in [3.63, 3.8) is 0 Å². The number of rotatable bonds is 6. The van der Waals surface area contributed by atoms with Gasteiger partial charge in [-0.3, -0.25) is 14.3 Å². The van der Waals surface area contributed by atoms with Crippen LogP contribution in [0.2, 0.25) is 0 Å². The van der Waals surface area contributed by atoms with Gasteiger partial charge in [-0.25, -0.2) is 9.48 Å². The van der Waals surface area contributed by atoms with E-state index in [9.17, 15) is 9.59 Å². The summed E-state index contributed by atoms with van der Waals surface area (Å²) >= 11 is 0. The molecule has 8 heteroatoms. The Labute approximate surface area is 170 Å². The summed E-state index contributed by atoms with van der Waals surface area (Å²) in [4.78, 5) is 29.4. The van der Waals surface area contributed by atoms with Gasteiger partial charge in [-0.15, -0.1) is 0 Å². The average molecular weight is 399 g/mol. The third kappa shape index (κ3) is 4.22. The van der Waals surface area contributed by atoms with Crippen LogP contribution in [0.3, 0.4) is 0 Å². The molecule has 3 heterocycles. The number of benzene rings is 1. The van der Waals surface area contributed by atoms with E-state index in [0.717, 1.165) is 57.7 Å². The van der Waals surface area contributed by atoms with Crippen LogP contribution >= 0.6 is 0 Å². The van der Waals surface area contributed by atoms with E-state index in [1.54, 1.807) is 11.8 Å². The zero-order chi connectivity index (χ0) is 20.2. The lowest BCUT2D eigenvalue weighted by Gasteiger charge is -2.35. The smallest absolute Gasteiger partial charge is 0.345 e. The predicted octanol–water partition coefficient (Wildman–Crippen LogP) is 1.24. The molecule has 1 aromatic carbocycles. The molecule has 0 bridgehead atoms. The normalized spacial score (nSPS) is 17.2. The van der Waals surface area contributed by atoms with Gasteiger partial charge in [0.2, 0.25) is 0 Å². The zero-order valence-electron chi connectivity index (χ0n) is 17.0. The number of aryl methyl sites for hydroxylation is 2. The molecular weight excluding hydrogens is 370 g/mol. The maximum absolute atomic E-state index is 12.8. The standard InChI is InChI=1S/C21H29N5O3/c1-29-18-8-3-2-7-17(18)20(27)24-15-13-23(14-16-24)10-6-12-26-21(28)25-11-5-4-9-19(25)22-26/h2-3,7-8H,4-6,9-16H2,1H3. The van der Waals surface area contributed by atoms with Crippen LogP contribution in [-0.2, 0) is 19.5 Å². The Morgan fingerprint density at radius 1 is 1.07 bits per heavy atom. The quantitative estimate of drug-likeness (QED) is 0.731. The molecule has 4 rings (SSSR count). The van der Waals surface area contributed by atoms with Crippen LogP contribution in [0.5, 0.6) is 5.75 Å². The summed E-state index contributed by atoms with van der Waals surface area (Å²) in [5.41, 5.74) is 0.651. The second-order valence-electron chi connectivity index (χ2n) is 7.72. The van der Waals surface area contributed by atoms with Gasteiger partial charge in [-0.05, 0) is 31.4 Å². The highest BCUT2D eigenvalue weighted by atomic mass is 16.5. The highest BCUT2D eigenvalue weighted by molar-refractivity contribution is 5.97. The number of amides is 1. The van der Waals surface area contributed by atoms with Gasteiger partial charge in [0.15, 0.2) is 0 Å². The fourth-order valence-corrected chi connectivity index (χ4v) is 4.20. The summed E-state index contributed by atoms with van der Waals surface area (Å²) in [5.74, 6) is 1.58. The molecule has 0 unspecified atom stereocenters. The van der Waals surface area contributed by atoms with Crippen LogP contribution in [0.15, 0.2) is 29.1 Å². The fraction of sp³-hybridized carbons (Fsp3) is 0.571. The Morgan fingerprint density at radius 3 is 2.62 bits per heavy atom. The minimum atomic E-state index is 0.0252.